The molecule has 0 fully saturated rings. The van der Waals surface area contributed by atoms with Gasteiger partial charge in [0.1, 0.15) is 11.3 Å². The molecule has 86 valence electrons. The summed E-state index contributed by atoms with van der Waals surface area (Å²) in [4.78, 5) is 8.98. The van der Waals surface area contributed by atoms with Crippen LogP contribution in [-0.2, 0) is 6.42 Å². The van der Waals surface area contributed by atoms with Crippen LogP contribution in [-0.4, -0.2) is 20.4 Å². The molecule has 3 aromatic heterocycles. The van der Waals surface area contributed by atoms with Gasteiger partial charge in [-0.05, 0) is 23.6 Å². The summed E-state index contributed by atoms with van der Waals surface area (Å²) in [6, 6.07) is 5.94. The third-order valence-electron chi connectivity index (χ3n) is 2.57. The van der Waals surface area contributed by atoms with E-state index in [0.717, 1.165) is 29.1 Å². The van der Waals surface area contributed by atoms with Gasteiger partial charge in [0.05, 0.1) is 5.69 Å². The van der Waals surface area contributed by atoms with Gasteiger partial charge in [-0.1, -0.05) is 0 Å². The Labute approximate surface area is 108 Å². The minimum atomic E-state index is 0.563. The summed E-state index contributed by atoms with van der Waals surface area (Å²) in [6.45, 7) is 0. The van der Waals surface area contributed by atoms with E-state index in [2.05, 4.69) is 31.4 Å². The first kappa shape index (κ1) is 10.7. The van der Waals surface area contributed by atoms with Gasteiger partial charge in [-0.3, -0.25) is 4.57 Å². The summed E-state index contributed by atoms with van der Waals surface area (Å²) < 4.78 is 2.08. The predicted molar refractivity (Wildman–Crippen MR) is 71.2 cm³/mol. The van der Waals surface area contributed by atoms with Gasteiger partial charge < -0.3 is 0 Å². The maximum atomic E-state index is 5.83. The van der Waals surface area contributed by atoms with Gasteiger partial charge in [0.2, 0.25) is 0 Å². The van der Waals surface area contributed by atoms with Gasteiger partial charge in [0.25, 0.3) is 0 Å². The van der Waals surface area contributed by atoms with Crippen LogP contribution in [0.25, 0.3) is 16.9 Å². The second kappa shape index (κ2) is 4.47. The van der Waals surface area contributed by atoms with Crippen LogP contribution in [0.3, 0.4) is 0 Å². The Morgan fingerprint density at radius 2 is 2.29 bits per heavy atom. The molecule has 0 aliphatic rings. The van der Waals surface area contributed by atoms with Crippen molar-refractivity contribution in [3.63, 3.8) is 0 Å². The van der Waals surface area contributed by atoms with E-state index in [1.807, 2.05) is 12.1 Å². The number of aryl methyl sites for hydroxylation is 1. The number of aromatic nitrogens is 3. The Morgan fingerprint density at radius 3 is 3.06 bits per heavy atom. The molecule has 0 atom stereocenters. The lowest BCUT2D eigenvalue weighted by Gasteiger charge is -2.04. The fourth-order valence-electron chi connectivity index (χ4n) is 1.87. The summed E-state index contributed by atoms with van der Waals surface area (Å²) in [5.74, 6) is 1.53. The number of pyridine rings is 1. The summed E-state index contributed by atoms with van der Waals surface area (Å²) in [5, 5.41) is 4.14. The molecule has 0 aromatic carbocycles. The number of halogens is 1. The number of hydrogen-bond acceptors (Lipinski definition) is 3. The minimum absolute atomic E-state index is 0.563. The first-order valence-corrected chi connectivity index (χ1v) is 6.79. The molecule has 0 unspecified atom stereocenters. The molecule has 3 aromatic rings. The van der Waals surface area contributed by atoms with Crippen molar-refractivity contribution in [3.05, 3.63) is 41.0 Å². The van der Waals surface area contributed by atoms with E-state index in [-0.39, 0.29) is 0 Å². The van der Waals surface area contributed by atoms with Crippen molar-refractivity contribution in [2.45, 2.75) is 6.42 Å². The Bertz CT molecular complexity index is 630. The van der Waals surface area contributed by atoms with Crippen molar-refractivity contribution < 1.29 is 0 Å². The third-order valence-corrected chi connectivity index (χ3v) is 3.43. The number of rotatable bonds is 3. The zero-order valence-corrected chi connectivity index (χ0v) is 10.6. The molecular weight excluding hydrogens is 254 g/mol. The quantitative estimate of drug-likeness (QED) is 0.679. The smallest absolute Gasteiger partial charge is 0.164 e. The summed E-state index contributed by atoms with van der Waals surface area (Å²) in [6.07, 6.45) is 2.53. The zero-order chi connectivity index (χ0) is 11.7. The average molecular weight is 264 g/mol. The summed E-state index contributed by atoms with van der Waals surface area (Å²) in [7, 11) is 0. The fraction of sp³-hybridized carbons (Fsp3) is 0.167. The maximum absolute atomic E-state index is 5.83. The topological polar surface area (TPSA) is 30.7 Å². The SMILES string of the molecule is ClCCc1nc2cccnc2n1-c1ccsc1. The molecule has 3 heterocycles. The summed E-state index contributed by atoms with van der Waals surface area (Å²) in [5.41, 5.74) is 2.92. The lowest BCUT2D eigenvalue weighted by atomic mass is 10.4. The third kappa shape index (κ3) is 1.83. The van der Waals surface area contributed by atoms with Crippen LogP contribution in [0.15, 0.2) is 35.2 Å². The molecule has 0 aliphatic carbocycles. The number of fused-ring (bicyclic) bond motifs is 1. The number of alkyl halides is 1. The van der Waals surface area contributed by atoms with Gasteiger partial charge in [0, 0.05) is 23.9 Å². The van der Waals surface area contributed by atoms with E-state index >= 15 is 0 Å². The molecule has 0 saturated heterocycles. The van der Waals surface area contributed by atoms with Gasteiger partial charge >= 0.3 is 0 Å². The second-order valence-corrected chi connectivity index (χ2v) is 4.79. The van der Waals surface area contributed by atoms with Crippen LogP contribution in [0.4, 0.5) is 0 Å². The molecule has 3 nitrogen and oxygen atoms in total. The van der Waals surface area contributed by atoms with E-state index < -0.39 is 0 Å². The number of nitrogens with zero attached hydrogens (tertiary/aromatic N) is 3. The Hall–Kier alpha value is -1.39. The van der Waals surface area contributed by atoms with Gasteiger partial charge in [-0.25, -0.2) is 9.97 Å². The number of hydrogen-bond donors (Lipinski definition) is 0. The van der Waals surface area contributed by atoms with Gasteiger partial charge in [-0.15, -0.1) is 11.6 Å². The Morgan fingerprint density at radius 1 is 1.35 bits per heavy atom. The van der Waals surface area contributed by atoms with Gasteiger partial charge in [-0.2, -0.15) is 11.3 Å². The van der Waals surface area contributed by atoms with Crippen molar-refractivity contribution in [2.24, 2.45) is 0 Å². The molecule has 17 heavy (non-hydrogen) atoms. The highest BCUT2D eigenvalue weighted by Crippen LogP contribution is 2.21. The molecule has 0 spiro atoms. The molecular formula is C12H10ClN3S. The largest absolute Gasteiger partial charge is 0.280 e. The highest BCUT2D eigenvalue weighted by atomic mass is 35.5. The Balaban J connectivity index is 2.28. The highest BCUT2D eigenvalue weighted by Gasteiger charge is 2.12. The van der Waals surface area contributed by atoms with Crippen LogP contribution < -0.4 is 0 Å². The zero-order valence-electron chi connectivity index (χ0n) is 9.01. The van der Waals surface area contributed by atoms with Crippen LogP contribution in [0.2, 0.25) is 0 Å². The van der Waals surface area contributed by atoms with E-state index in [1.54, 1.807) is 17.5 Å². The Kier molecular flexibility index (Phi) is 2.82. The molecule has 0 aliphatic heterocycles. The van der Waals surface area contributed by atoms with E-state index in [9.17, 15) is 0 Å². The van der Waals surface area contributed by atoms with Gasteiger partial charge in [0.15, 0.2) is 5.65 Å². The van der Waals surface area contributed by atoms with Crippen molar-refractivity contribution >= 4 is 34.1 Å². The molecule has 0 N–H and O–H groups in total. The number of thiophene rings is 1. The van der Waals surface area contributed by atoms with Crippen molar-refractivity contribution in [1.29, 1.82) is 0 Å². The molecule has 0 saturated carbocycles. The van der Waals surface area contributed by atoms with E-state index in [4.69, 9.17) is 11.6 Å². The normalized spacial score (nSPS) is 11.1. The predicted octanol–water partition coefficient (Wildman–Crippen LogP) is 3.26. The molecule has 3 rings (SSSR count). The summed E-state index contributed by atoms with van der Waals surface area (Å²) >= 11 is 7.49. The average Bonchev–Trinajstić information content (AvgIpc) is 2.94. The van der Waals surface area contributed by atoms with Crippen LogP contribution in [0.5, 0.6) is 0 Å². The maximum Gasteiger partial charge on any atom is 0.164 e. The minimum Gasteiger partial charge on any atom is -0.280 e. The first-order valence-electron chi connectivity index (χ1n) is 5.31. The van der Waals surface area contributed by atoms with Crippen LogP contribution >= 0.6 is 22.9 Å². The van der Waals surface area contributed by atoms with Crippen molar-refractivity contribution in [3.8, 4) is 5.69 Å². The lowest BCUT2D eigenvalue weighted by Crippen LogP contribution is -2.01. The van der Waals surface area contributed by atoms with Crippen LogP contribution in [0.1, 0.15) is 5.82 Å². The van der Waals surface area contributed by atoms with Crippen molar-refractivity contribution in [1.82, 2.24) is 14.5 Å². The van der Waals surface area contributed by atoms with Crippen LogP contribution in [0, 0.1) is 0 Å². The highest BCUT2D eigenvalue weighted by molar-refractivity contribution is 7.08. The standard InChI is InChI=1S/C12H10ClN3S/c13-5-3-11-15-10-2-1-6-14-12(10)16(11)9-4-7-17-8-9/h1-2,4,6-8H,3,5H2. The van der Waals surface area contributed by atoms with E-state index in [1.165, 1.54) is 0 Å². The molecule has 5 heteroatoms. The van der Waals surface area contributed by atoms with E-state index in [0.29, 0.717) is 5.88 Å². The number of imidazole rings is 1. The molecule has 0 bridgehead atoms. The molecule has 0 amide bonds. The monoisotopic (exact) mass is 263 g/mol. The first-order chi connectivity index (χ1) is 8.40. The molecule has 0 radical (unpaired) electrons. The fourth-order valence-corrected chi connectivity index (χ4v) is 2.66. The van der Waals surface area contributed by atoms with Crippen molar-refractivity contribution in [2.75, 3.05) is 5.88 Å². The second-order valence-electron chi connectivity index (χ2n) is 3.63. The lowest BCUT2D eigenvalue weighted by molar-refractivity contribution is 0.908.